The number of carbonyl (C=O) groups is 1. The van der Waals surface area contributed by atoms with Crippen LogP contribution >= 0.6 is 11.3 Å². The van der Waals surface area contributed by atoms with Gasteiger partial charge in [0.2, 0.25) is 0 Å². The van der Waals surface area contributed by atoms with Crippen molar-refractivity contribution in [3.63, 3.8) is 0 Å². The lowest BCUT2D eigenvalue weighted by Gasteiger charge is -2.39. The van der Waals surface area contributed by atoms with Gasteiger partial charge in [-0.1, -0.05) is 26.2 Å². The molecule has 1 aliphatic carbocycles. The van der Waals surface area contributed by atoms with Crippen molar-refractivity contribution in [1.82, 2.24) is 15.6 Å². The third kappa shape index (κ3) is 4.20. The predicted octanol–water partition coefficient (Wildman–Crippen LogP) is 3.22. The van der Waals surface area contributed by atoms with Gasteiger partial charge in [-0.15, -0.1) is 11.3 Å². The largest absolute Gasteiger partial charge is 0.394 e. The maximum Gasteiger partial charge on any atom is 0.315 e. The molecule has 0 radical (unpaired) electrons. The quantitative estimate of drug-likeness (QED) is 0.752. The first-order valence-corrected chi connectivity index (χ1v) is 9.06. The van der Waals surface area contributed by atoms with Gasteiger partial charge in [0.25, 0.3) is 0 Å². The molecule has 1 aromatic heterocycles. The van der Waals surface area contributed by atoms with E-state index < -0.39 is 5.54 Å². The Kier molecular flexibility index (Phi) is 6.20. The van der Waals surface area contributed by atoms with E-state index in [1.54, 1.807) is 17.5 Å². The molecule has 124 valence electrons. The monoisotopic (exact) mass is 325 g/mol. The van der Waals surface area contributed by atoms with E-state index in [1.165, 1.54) is 19.3 Å². The second kappa shape index (κ2) is 7.92. The van der Waals surface area contributed by atoms with Gasteiger partial charge < -0.3 is 15.7 Å². The second-order valence-electron chi connectivity index (χ2n) is 6.34. The number of rotatable bonds is 6. The van der Waals surface area contributed by atoms with Crippen molar-refractivity contribution >= 4 is 17.4 Å². The number of urea groups is 1. The number of amides is 2. The number of aliphatic hydroxyl groups is 1. The van der Waals surface area contributed by atoms with E-state index in [0.717, 1.165) is 24.3 Å². The summed E-state index contributed by atoms with van der Waals surface area (Å²) in [6.07, 6.45) is 8.30. The Balaban J connectivity index is 1.96. The summed E-state index contributed by atoms with van der Waals surface area (Å²) in [5.41, 5.74) is -0.550. The average Bonchev–Trinajstić information content (AvgIpc) is 3.07. The van der Waals surface area contributed by atoms with E-state index in [-0.39, 0.29) is 18.7 Å². The molecule has 0 bridgehead atoms. The maximum atomic E-state index is 12.4. The van der Waals surface area contributed by atoms with Crippen LogP contribution in [0.3, 0.4) is 0 Å². The molecule has 1 aromatic rings. The summed E-state index contributed by atoms with van der Waals surface area (Å²) in [6.45, 7) is 3.95. The molecule has 3 N–H and O–H groups in total. The number of thiazole rings is 1. The highest BCUT2D eigenvalue weighted by molar-refractivity contribution is 7.09. The molecule has 0 saturated heterocycles. The zero-order chi connectivity index (χ0) is 16.0. The highest BCUT2D eigenvalue weighted by Gasteiger charge is 2.36. The van der Waals surface area contributed by atoms with Crippen LogP contribution in [0, 0.1) is 5.92 Å². The first kappa shape index (κ1) is 17.2. The van der Waals surface area contributed by atoms with Crippen molar-refractivity contribution in [2.45, 2.75) is 64.0 Å². The summed E-state index contributed by atoms with van der Waals surface area (Å²) in [5, 5.41) is 18.6. The predicted molar refractivity (Wildman–Crippen MR) is 88.9 cm³/mol. The fraction of sp³-hybridized carbons (Fsp3) is 0.750. The van der Waals surface area contributed by atoms with Crippen molar-refractivity contribution in [3.8, 4) is 0 Å². The average molecular weight is 325 g/mol. The Morgan fingerprint density at radius 2 is 2.23 bits per heavy atom. The van der Waals surface area contributed by atoms with Crippen molar-refractivity contribution in [2.24, 2.45) is 5.92 Å². The van der Waals surface area contributed by atoms with Crippen LogP contribution in [0.25, 0.3) is 0 Å². The maximum absolute atomic E-state index is 12.4. The van der Waals surface area contributed by atoms with Crippen LogP contribution in [-0.2, 0) is 0 Å². The third-order valence-corrected chi connectivity index (χ3v) is 5.59. The third-order valence-electron chi connectivity index (χ3n) is 4.70. The van der Waals surface area contributed by atoms with Gasteiger partial charge in [-0.05, 0) is 32.1 Å². The Labute approximate surface area is 136 Å². The minimum absolute atomic E-state index is 0.0286. The number of carbonyl (C=O) groups excluding carboxylic acids is 1. The molecule has 1 heterocycles. The zero-order valence-electron chi connectivity index (χ0n) is 13.5. The molecule has 0 aromatic carbocycles. The van der Waals surface area contributed by atoms with Gasteiger partial charge >= 0.3 is 6.03 Å². The van der Waals surface area contributed by atoms with Crippen molar-refractivity contribution in [1.29, 1.82) is 0 Å². The van der Waals surface area contributed by atoms with Gasteiger partial charge in [0.1, 0.15) is 5.01 Å². The lowest BCUT2D eigenvalue weighted by molar-refractivity contribution is 0.100. The van der Waals surface area contributed by atoms with E-state index >= 15 is 0 Å². The summed E-state index contributed by atoms with van der Waals surface area (Å²) in [4.78, 5) is 16.6. The van der Waals surface area contributed by atoms with Gasteiger partial charge in [0.15, 0.2) is 0 Å². The van der Waals surface area contributed by atoms with Crippen molar-refractivity contribution in [2.75, 3.05) is 6.61 Å². The van der Waals surface area contributed by atoms with Gasteiger partial charge in [-0.3, -0.25) is 0 Å². The second-order valence-corrected chi connectivity index (χ2v) is 7.27. The number of aromatic nitrogens is 1. The van der Waals surface area contributed by atoms with Crippen LogP contribution in [0.4, 0.5) is 4.79 Å². The number of aliphatic hydroxyl groups excluding tert-OH is 1. The first-order valence-electron chi connectivity index (χ1n) is 8.18. The fourth-order valence-corrected chi connectivity index (χ4v) is 3.98. The molecule has 1 fully saturated rings. The van der Waals surface area contributed by atoms with Crippen molar-refractivity contribution in [3.05, 3.63) is 16.6 Å². The molecular formula is C16H27N3O2S. The standard InChI is InChI=1S/C16H27N3O2S/c1-3-13(14-17-9-10-22-14)18-15(21)19-16(2,11-20)12-7-5-4-6-8-12/h9-10,12-13,20H,3-8,11H2,1-2H3,(H2,18,19,21)/t13-,16+/m0/s1. The van der Waals surface area contributed by atoms with E-state index in [2.05, 4.69) is 15.6 Å². The molecule has 2 amide bonds. The van der Waals surface area contributed by atoms with Crippen LogP contribution in [0.5, 0.6) is 0 Å². The van der Waals surface area contributed by atoms with Crippen LogP contribution < -0.4 is 10.6 Å². The Morgan fingerprint density at radius 3 is 2.77 bits per heavy atom. The Bertz CT molecular complexity index is 460. The van der Waals surface area contributed by atoms with Crippen LogP contribution in [0.15, 0.2) is 11.6 Å². The van der Waals surface area contributed by atoms with Gasteiger partial charge in [0, 0.05) is 11.6 Å². The topological polar surface area (TPSA) is 74.2 Å². The molecule has 0 spiro atoms. The van der Waals surface area contributed by atoms with E-state index in [1.807, 2.05) is 19.2 Å². The number of hydrogen-bond acceptors (Lipinski definition) is 4. The van der Waals surface area contributed by atoms with Gasteiger partial charge in [-0.25, -0.2) is 9.78 Å². The summed E-state index contributed by atoms with van der Waals surface area (Å²) >= 11 is 1.55. The summed E-state index contributed by atoms with van der Waals surface area (Å²) in [5.74, 6) is 0.344. The molecule has 1 saturated carbocycles. The first-order chi connectivity index (χ1) is 10.6. The van der Waals surface area contributed by atoms with Gasteiger partial charge in [-0.2, -0.15) is 0 Å². The summed E-state index contributed by atoms with van der Waals surface area (Å²) in [6, 6.07) is -0.293. The van der Waals surface area contributed by atoms with Crippen LogP contribution in [0.1, 0.15) is 63.4 Å². The molecule has 22 heavy (non-hydrogen) atoms. The smallest absolute Gasteiger partial charge is 0.315 e. The number of hydrogen-bond donors (Lipinski definition) is 3. The molecule has 0 aliphatic heterocycles. The SMILES string of the molecule is CC[C@H](NC(=O)N[C@](C)(CO)C1CCCCC1)c1nccs1. The minimum atomic E-state index is -0.550. The van der Waals surface area contributed by atoms with Crippen LogP contribution in [0.2, 0.25) is 0 Å². The Hall–Kier alpha value is -1.14. The molecule has 5 nitrogen and oxygen atoms in total. The summed E-state index contributed by atoms with van der Waals surface area (Å²) in [7, 11) is 0. The minimum Gasteiger partial charge on any atom is -0.394 e. The zero-order valence-corrected chi connectivity index (χ0v) is 14.3. The van der Waals surface area contributed by atoms with E-state index in [9.17, 15) is 9.90 Å². The lowest BCUT2D eigenvalue weighted by Crippen LogP contribution is -2.57. The highest BCUT2D eigenvalue weighted by Crippen LogP contribution is 2.32. The lowest BCUT2D eigenvalue weighted by atomic mass is 9.76. The van der Waals surface area contributed by atoms with Crippen molar-refractivity contribution < 1.29 is 9.90 Å². The molecule has 1 aliphatic rings. The van der Waals surface area contributed by atoms with Gasteiger partial charge in [0.05, 0.1) is 18.2 Å². The number of nitrogens with one attached hydrogen (secondary N) is 2. The molecule has 2 rings (SSSR count). The normalized spacial score (nSPS) is 20.1. The fourth-order valence-electron chi connectivity index (χ4n) is 3.21. The molecule has 0 unspecified atom stereocenters. The molecular weight excluding hydrogens is 298 g/mol. The van der Waals surface area contributed by atoms with E-state index in [4.69, 9.17) is 0 Å². The molecule has 6 heteroatoms. The molecule has 2 atom stereocenters. The Morgan fingerprint density at radius 1 is 1.50 bits per heavy atom. The van der Waals surface area contributed by atoms with Crippen LogP contribution in [-0.4, -0.2) is 28.3 Å². The van der Waals surface area contributed by atoms with E-state index in [0.29, 0.717) is 5.92 Å². The summed E-state index contributed by atoms with van der Waals surface area (Å²) < 4.78 is 0. The highest BCUT2D eigenvalue weighted by atomic mass is 32.1. The number of nitrogens with zero attached hydrogens (tertiary/aromatic N) is 1.